The number of guanidine groups is 1. The number of aromatic amines is 1. The van der Waals surface area contributed by atoms with Crippen LogP contribution < -0.4 is 10.6 Å². The molecule has 158 valence electrons. The highest BCUT2D eigenvalue weighted by Gasteiger charge is 2.42. The van der Waals surface area contributed by atoms with E-state index in [1.54, 1.807) is 4.90 Å². The van der Waals surface area contributed by atoms with Crippen LogP contribution in [-0.2, 0) is 11.2 Å². The molecule has 1 fully saturated rings. The molecule has 29 heavy (non-hydrogen) atoms. The molecule has 1 saturated carbocycles. The van der Waals surface area contributed by atoms with E-state index < -0.39 is 0 Å². The van der Waals surface area contributed by atoms with Crippen molar-refractivity contribution < 1.29 is 4.79 Å². The van der Waals surface area contributed by atoms with Crippen LogP contribution in [0.1, 0.15) is 44.6 Å². The van der Waals surface area contributed by atoms with Gasteiger partial charge in [-0.1, -0.05) is 31.0 Å². The number of fused-ring (bicyclic) bond motifs is 1. The van der Waals surface area contributed by atoms with Gasteiger partial charge < -0.3 is 20.5 Å². The minimum atomic E-state index is -0.324. The number of hydrogen-bond donors (Lipinski definition) is 3. The molecule has 0 aliphatic heterocycles. The maximum Gasteiger partial charge on any atom is 0.230 e. The Kier molecular flexibility index (Phi) is 7.18. The monoisotopic (exact) mass is 397 g/mol. The summed E-state index contributed by atoms with van der Waals surface area (Å²) in [4.78, 5) is 22.6. The van der Waals surface area contributed by atoms with Crippen LogP contribution >= 0.6 is 0 Å². The molecule has 0 unspecified atom stereocenters. The summed E-state index contributed by atoms with van der Waals surface area (Å²) >= 11 is 0. The van der Waals surface area contributed by atoms with E-state index in [9.17, 15) is 4.79 Å². The molecule has 2 aromatic rings. The third kappa shape index (κ3) is 5.11. The third-order valence-electron chi connectivity index (χ3n) is 5.89. The van der Waals surface area contributed by atoms with Crippen molar-refractivity contribution in [1.82, 2.24) is 20.5 Å². The predicted octanol–water partition coefficient (Wildman–Crippen LogP) is 3.30. The Morgan fingerprint density at radius 1 is 1.21 bits per heavy atom. The quantitative estimate of drug-likeness (QED) is 0.364. The van der Waals surface area contributed by atoms with Crippen LogP contribution in [0.3, 0.4) is 0 Å². The fourth-order valence-electron chi connectivity index (χ4n) is 4.36. The normalized spacial score (nSPS) is 16.2. The van der Waals surface area contributed by atoms with Crippen LogP contribution in [-0.4, -0.2) is 55.5 Å². The zero-order valence-corrected chi connectivity index (χ0v) is 18.1. The summed E-state index contributed by atoms with van der Waals surface area (Å²) in [6.07, 6.45) is 8.25. The van der Waals surface area contributed by atoms with Gasteiger partial charge in [-0.15, -0.1) is 0 Å². The zero-order chi connectivity index (χ0) is 20.7. The average molecular weight is 398 g/mol. The number of aromatic nitrogens is 1. The zero-order valence-electron chi connectivity index (χ0n) is 18.1. The van der Waals surface area contributed by atoms with Gasteiger partial charge in [-0.2, -0.15) is 0 Å². The standard InChI is InChI=1S/C23H35N5O/c1-4-24-22(27-17-23(13-7-8-14-23)21(29)28(2)3)25-15-9-10-18-16-26-20-12-6-5-11-19(18)20/h5-6,11-12,16,26H,4,7-10,13-15,17H2,1-3H3,(H2,24,25,27). The lowest BCUT2D eigenvalue weighted by Gasteiger charge is -2.29. The number of H-pyrrole nitrogens is 1. The number of carbonyl (C=O) groups excluding carboxylic acids is 1. The molecule has 6 nitrogen and oxygen atoms in total. The Bertz CT molecular complexity index is 833. The minimum absolute atomic E-state index is 0.217. The molecular weight excluding hydrogens is 362 g/mol. The molecule has 3 rings (SSSR count). The smallest absolute Gasteiger partial charge is 0.230 e. The van der Waals surface area contributed by atoms with E-state index in [-0.39, 0.29) is 11.3 Å². The van der Waals surface area contributed by atoms with E-state index in [1.165, 1.54) is 16.5 Å². The van der Waals surface area contributed by atoms with Crippen LogP contribution in [0.15, 0.2) is 35.5 Å². The molecule has 1 heterocycles. The van der Waals surface area contributed by atoms with Crippen LogP contribution in [0.25, 0.3) is 10.9 Å². The molecule has 0 bridgehead atoms. The minimum Gasteiger partial charge on any atom is -0.361 e. The summed E-state index contributed by atoms with van der Waals surface area (Å²) in [6, 6.07) is 8.42. The molecule has 3 N–H and O–H groups in total. The maximum absolute atomic E-state index is 12.7. The Balaban J connectivity index is 1.55. The number of amides is 1. The van der Waals surface area contributed by atoms with Gasteiger partial charge in [0.2, 0.25) is 5.91 Å². The van der Waals surface area contributed by atoms with Gasteiger partial charge in [0.05, 0.1) is 12.0 Å². The molecule has 1 aromatic heterocycles. The lowest BCUT2D eigenvalue weighted by atomic mass is 9.85. The van der Waals surface area contributed by atoms with Gasteiger partial charge in [0.25, 0.3) is 0 Å². The molecule has 1 aromatic carbocycles. The Morgan fingerprint density at radius 2 is 1.97 bits per heavy atom. The molecule has 0 spiro atoms. The van der Waals surface area contributed by atoms with Crippen molar-refractivity contribution in [3.05, 3.63) is 36.0 Å². The van der Waals surface area contributed by atoms with Crippen molar-refractivity contribution in [3.8, 4) is 0 Å². The summed E-state index contributed by atoms with van der Waals surface area (Å²) in [5.41, 5.74) is 2.22. The van der Waals surface area contributed by atoms with E-state index in [2.05, 4.69) is 53.0 Å². The first-order valence-corrected chi connectivity index (χ1v) is 10.8. The second-order valence-electron chi connectivity index (χ2n) is 8.27. The van der Waals surface area contributed by atoms with Crippen molar-refractivity contribution >= 4 is 22.8 Å². The number of carbonyl (C=O) groups is 1. The number of aliphatic imine (C=N–C) groups is 1. The fraction of sp³-hybridized carbons (Fsp3) is 0.565. The largest absolute Gasteiger partial charge is 0.361 e. The van der Waals surface area contributed by atoms with Gasteiger partial charge in [0.15, 0.2) is 5.96 Å². The highest BCUT2D eigenvalue weighted by Crippen LogP contribution is 2.39. The summed E-state index contributed by atoms with van der Waals surface area (Å²) in [6.45, 7) is 4.28. The summed E-state index contributed by atoms with van der Waals surface area (Å²) in [7, 11) is 3.70. The van der Waals surface area contributed by atoms with Gasteiger partial charge in [-0.05, 0) is 44.2 Å². The highest BCUT2D eigenvalue weighted by atomic mass is 16.2. The highest BCUT2D eigenvalue weighted by molar-refractivity contribution is 5.84. The molecule has 6 heteroatoms. The van der Waals surface area contributed by atoms with Crippen LogP contribution in [0.4, 0.5) is 0 Å². The molecule has 1 aliphatic carbocycles. The molecular formula is C23H35N5O. The van der Waals surface area contributed by atoms with Gasteiger partial charge in [0, 0.05) is 44.3 Å². The van der Waals surface area contributed by atoms with Crippen molar-refractivity contribution in [2.75, 3.05) is 33.7 Å². The Labute approximate surface area is 174 Å². The van der Waals surface area contributed by atoms with Crippen LogP contribution in [0.2, 0.25) is 0 Å². The molecule has 0 radical (unpaired) electrons. The lowest BCUT2D eigenvalue weighted by molar-refractivity contribution is -0.138. The number of nitrogens with zero attached hydrogens (tertiary/aromatic N) is 2. The first-order chi connectivity index (χ1) is 14.1. The SMILES string of the molecule is CCNC(=NCC1(C(=O)N(C)C)CCCC1)NCCCc1c[nH]c2ccccc12. The lowest BCUT2D eigenvalue weighted by Crippen LogP contribution is -2.43. The fourth-order valence-corrected chi connectivity index (χ4v) is 4.36. The number of para-hydroxylation sites is 1. The second-order valence-corrected chi connectivity index (χ2v) is 8.27. The van der Waals surface area contributed by atoms with Crippen molar-refractivity contribution in [1.29, 1.82) is 0 Å². The van der Waals surface area contributed by atoms with Crippen molar-refractivity contribution in [3.63, 3.8) is 0 Å². The Hall–Kier alpha value is -2.50. The topological polar surface area (TPSA) is 72.5 Å². The summed E-state index contributed by atoms with van der Waals surface area (Å²) in [5.74, 6) is 1.03. The Morgan fingerprint density at radius 3 is 2.69 bits per heavy atom. The predicted molar refractivity (Wildman–Crippen MR) is 120 cm³/mol. The summed E-state index contributed by atoms with van der Waals surface area (Å²) < 4.78 is 0. The average Bonchev–Trinajstić information content (AvgIpc) is 3.36. The third-order valence-corrected chi connectivity index (χ3v) is 5.89. The number of nitrogens with one attached hydrogen (secondary N) is 3. The summed E-state index contributed by atoms with van der Waals surface area (Å²) in [5, 5.41) is 8.07. The first-order valence-electron chi connectivity index (χ1n) is 10.8. The van der Waals surface area contributed by atoms with Gasteiger partial charge in [-0.25, -0.2) is 0 Å². The second kappa shape index (κ2) is 9.81. The molecule has 1 amide bonds. The van der Waals surface area contributed by atoms with E-state index in [0.717, 1.165) is 57.6 Å². The van der Waals surface area contributed by atoms with E-state index >= 15 is 0 Å². The molecule has 1 aliphatic rings. The van der Waals surface area contributed by atoms with Crippen molar-refractivity contribution in [2.24, 2.45) is 10.4 Å². The van der Waals surface area contributed by atoms with Crippen LogP contribution in [0.5, 0.6) is 0 Å². The number of hydrogen-bond acceptors (Lipinski definition) is 2. The number of rotatable bonds is 8. The van der Waals surface area contributed by atoms with Crippen LogP contribution in [0, 0.1) is 5.41 Å². The van der Waals surface area contributed by atoms with E-state index in [1.807, 2.05) is 14.1 Å². The van der Waals surface area contributed by atoms with Crippen molar-refractivity contribution in [2.45, 2.75) is 45.4 Å². The number of aryl methyl sites for hydroxylation is 1. The number of benzene rings is 1. The maximum atomic E-state index is 12.7. The van der Waals surface area contributed by atoms with E-state index in [4.69, 9.17) is 4.99 Å². The first kappa shape index (κ1) is 21.2. The molecule has 0 atom stereocenters. The van der Waals surface area contributed by atoms with Gasteiger partial charge in [0.1, 0.15) is 0 Å². The van der Waals surface area contributed by atoms with E-state index in [0.29, 0.717) is 6.54 Å². The van der Waals surface area contributed by atoms with Gasteiger partial charge >= 0.3 is 0 Å². The molecule has 0 saturated heterocycles. The van der Waals surface area contributed by atoms with Gasteiger partial charge in [-0.3, -0.25) is 9.79 Å².